The molecule has 0 heterocycles. The van der Waals surface area contributed by atoms with Crippen molar-refractivity contribution in [2.75, 3.05) is 6.61 Å². The summed E-state index contributed by atoms with van der Waals surface area (Å²) in [5.74, 6) is -1.62. The molecule has 28 heavy (non-hydrogen) atoms. The predicted octanol–water partition coefficient (Wildman–Crippen LogP) is 4.56. The largest absolute Gasteiger partial charge is 0.493 e. The van der Waals surface area contributed by atoms with Gasteiger partial charge < -0.3 is 10.1 Å². The average molecular weight is 412 g/mol. The molecule has 2 N–H and O–H groups in total. The van der Waals surface area contributed by atoms with Crippen molar-refractivity contribution in [3.05, 3.63) is 29.8 Å². The fraction of sp³-hybridized carbons (Fsp3) is 0.611. The molecular formula is C18H22F6N2O2. The van der Waals surface area contributed by atoms with Gasteiger partial charge in [0.15, 0.2) is 0 Å². The maximum Gasteiger partial charge on any atom is 0.434 e. The summed E-state index contributed by atoms with van der Waals surface area (Å²) in [6, 6.07) is 4.19. The highest BCUT2D eigenvalue weighted by Crippen LogP contribution is 2.42. The number of carbonyl (C=O) groups excluding carboxylic acids is 1. The van der Waals surface area contributed by atoms with E-state index in [-0.39, 0.29) is 25.2 Å². The Labute approximate surface area is 158 Å². The van der Waals surface area contributed by atoms with Crippen LogP contribution in [0.1, 0.15) is 49.4 Å². The third kappa shape index (κ3) is 4.71. The fourth-order valence-corrected chi connectivity index (χ4v) is 3.23. The van der Waals surface area contributed by atoms with Gasteiger partial charge in [0, 0.05) is 6.04 Å². The average Bonchev–Trinajstić information content (AvgIpc) is 2.60. The lowest BCUT2D eigenvalue weighted by Crippen LogP contribution is -2.77. The molecule has 4 nitrogen and oxygen atoms in total. The molecule has 1 aromatic rings. The fourth-order valence-electron chi connectivity index (χ4n) is 3.23. The molecule has 1 aliphatic rings. The van der Waals surface area contributed by atoms with Gasteiger partial charge in [-0.25, -0.2) is 0 Å². The second kappa shape index (κ2) is 8.59. The second-order valence-electron chi connectivity index (χ2n) is 6.61. The van der Waals surface area contributed by atoms with Crippen LogP contribution in [-0.4, -0.2) is 36.6 Å². The Balaban J connectivity index is 2.42. The van der Waals surface area contributed by atoms with Gasteiger partial charge in [-0.3, -0.25) is 10.1 Å². The van der Waals surface area contributed by atoms with Crippen LogP contribution in [0.4, 0.5) is 26.3 Å². The van der Waals surface area contributed by atoms with Crippen molar-refractivity contribution < 1.29 is 35.9 Å². The minimum absolute atomic E-state index is 0.0916. The maximum atomic E-state index is 13.7. The molecule has 0 radical (unpaired) electrons. The number of hydrogen-bond donors (Lipinski definition) is 2. The van der Waals surface area contributed by atoms with Gasteiger partial charge in [-0.1, -0.05) is 31.4 Å². The molecule has 1 saturated carbocycles. The van der Waals surface area contributed by atoms with Gasteiger partial charge in [0.25, 0.3) is 11.6 Å². The summed E-state index contributed by atoms with van der Waals surface area (Å²) in [6.07, 6.45) is -9.50. The zero-order chi connectivity index (χ0) is 21.0. The number of rotatable bonds is 6. The summed E-state index contributed by atoms with van der Waals surface area (Å²) in [6.45, 7) is 1.67. The van der Waals surface area contributed by atoms with Crippen LogP contribution < -0.4 is 15.4 Å². The molecule has 1 fully saturated rings. The zero-order valence-corrected chi connectivity index (χ0v) is 15.2. The van der Waals surface area contributed by atoms with E-state index in [0.29, 0.717) is 12.8 Å². The number of alkyl halides is 6. The smallest absolute Gasteiger partial charge is 0.434 e. The Kier molecular flexibility index (Phi) is 6.84. The minimum Gasteiger partial charge on any atom is -0.493 e. The lowest BCUT2D eigenvalue weighted by Gasteiger charge is -2.41. The van der Waals surface area contributed by atoms with E-state index >= 15 is 0 Å². The highest BCUT2D eigenvalue weighted by Gasteiger charge is 2.72. The molecule has 158 valence electrons. The highest BCUT2D eigenvalue weighted by molar-refractivity contribution is 5.97. The van der Waals surface area contributed by atoms with Crippen LogP contribution in [0.15, 0.2) is 24.3 Å². The summed E-state index contributed by atoms with van der Waals surface area (Å²) >= 11 is 0. The first-order valence-electron chi connectivity index (χ1n) is 8.97. The predicted molar refractivity (Wildman–Crippen MR) is 89.9 cm³/mol. The van der Waals surface area contributed by atoms with Crippen molar-refractivity contribution in [2.24, 2.45) is 0 Å². The summed E-state index contributed by atoms with van der Waals surface area (Å²) in [5, 5.41) is 2.87. The van der Waals surface area contributed by atoms with Gasteiger partial charge in [0.05, 0.1) is 12.2 Å². The van der Waals surface area contributed by atoms with E-state index in [1.807, 2.05) is 0 Å². The molecule has 10 heteroatoms. The lowest BCUT2D eigenvalue weighted by molar-refractivity contribution is -0.316. The van der Waals surface area contributed by atoms with Crippen molar-refractivity contribution in [3.8, 4) is 5.75 Å². The summed E-state index contributed by atoms with van der Waals surface area (Å²) in [7, 11) is 0. The first kappa shape index (κ1) is 22.3. The molecule has 0 unspecified atom stereocenters. The first-order valence-corrected chi connectivity index (χ1v) is 8.97. The monoisotopic (exact) mass is 412 g/mol. The third-order valence-corrected chi connectivity index (χ3v) is 4.61. The van der Waals surface area contributed by atoms with Crippen molar-refractivity contribution >= 4 is 5.91 Å². The summed E-state index contributed by atoms with van der Waals surface area (Å²) in [4.78, 5) is 12.5. The molecular weight excluding hydrogens is 390 g/mol. The molecule has 1 amide bonds. The lowest BCUT2D eigenvalue weighted by atomic mass is 9.93. The number of hydrogen-bond acceptors (Lipinski definition) is 3. The Morgan fingerprint density at radius 3 is 2.14 bits per heavy atom. The van der Waals surface area contributed by atoms with Crippen LogP contribution in [-0.2, 0) is 0 Å². The Morgan fingerprint density at radius 1 is 1.04 bits per heavy atom. The van der Waals surface area contributed by atoms with Gasteiger partial charge in [-0.05, 0) is 31.9 Å². The third-order valence-electron chi connectivity index (χ3n) is 4.61. The normalized spacial score (nSPS) is 16.7. The second-order valence-corrected chi connectivity index (χ2v) is 6.61. The van der Waals surface area contributed by atoms with Crippen molar-refractivity contribution in [1.29, 1.82) is 0 Å². The molecule has 0 atom stereocenters. The number of nitrogens with one attached hydrogen (secondary N) is 2. The van der Waals surface area contributed by atoms with Crippen LogP contribution in [0.5, 0.6) is 5.75 Å². The highest BCUT2D eigenvalue weighted by atomic mass is 19.4. The summed E-state index contributed by atoms with van der Waals surface area (Å²) < 4.78 is 87.5. The molecule has 0 bridgehead atoms. The molecule has 0 aliphatic heterocycles. The topological polar surface area (TPSA) is 50.4 Å². The number of para-hydroxylation sites is 1. The van der Waals surface area contributed by atoms with Gasteiger partial charge in [-0.2, -0.15) is 26.3 Å². The Bertz CT molecular complexity index is 655. The van der Waals surface area contributed by atoms with E-state index < -0.39 is 35.5 Å². The van der Waals surface area contributed by atoms with E-state index in [0.717, 1.165) is 12.5 Å². The Hall–Kier alpha value is -1.97. The number of benzene rings is 1. The quantitative estimate of drug-likeness (QED) is 0.532. The number of amides is 1. The van der Waals surface area contributed by atoms with E-state index in [4.69, 9.17) is 4.74 Å². The van der Waals surface area contributed by atoms with Crippen LogP contribution >= 0.6 is 0 Å². The first-order chi connectivity index (χ1) is 13.0. The summed E-state index contributed by atoms with van der Waals surface area (Å²) in [5.41, 5.74) is -4.97. The molecule has 2 rings (SSSR count). The van der Waals surface area contributed by atoms with E-state index in [2.05, 4.69) is 0 Å². The van der Waals surface area contributed by atoms with Gasteiger partial charge in [-0.15, -0.1) is 0 Å². The molecule has 1 aliphatic carbocycles. The molecule has 0 spiro atoms. The number of halogens is 6. The van der Waals surface area contributed by atoms with Crippen molar-refractivity contribution in [1.82, 2.24) is 10.6 Å². The van der Waals surface area contributed by atoms with Crippen molar-refractivity contribution in [2.45, 2.75) is 63.1 Å². The zero-order valence-electron chi connectivity index (χ0n) is 15.2. The van der Waals surface area contributed by atoms with E-state index in [9.17, 15) is 31.1 Å². The number of carbonyl (C=O) groups is 1. The molecule has 1 aromatic carbocycles. The Morgan fingerprint density at radius 2 is 1.61 bits per heavy atom. The van der Waals surface area contributed by atoms with Crippen LogP contribution in [0, 0.1) is 0 Å². The van der Waals surface area contributed by atoms with Crippen LogP contribution in [0.25, 0.3) is 0 Å². The van der Waals surface area contributed by atoms with E-state index in [1.165, 1.54) is 23.5 Å². The van der Waals surface area contributed by atoms with Gasteiger partial charge in [0.2, 0.25) is 0 Å². The molecule has 0 aromatic heterocycles. The SMILES string of the molecule is CCOc1ccccc1C(=O)NC(NC1CCCCC1)(C(F)(F)F)C(F)(F)F. The maximum absolute atomic E-state index is 13.7. The molecule has 0 saturated heterocycles. The van der Waals surface area contributed by atoms with Crippen LogP contribution in [0.2, 0.25) is 0 Å². The van der Waals surface area contributed by atoms with Gasteiger partial charge in [0.1, 0.15) is 5.75 Å². The number of ether oxygens (including phenoxy) is 1. The van der Waals surface area contributed by atoms with Crippen molar-refractivity contribution in [3.63, 3.8) is 0 Å². The minimum atomic E-state index is -5.81. The van der Waals surface area contributed by atoms with Gasteiger partial charge >= 0.3 is 12.4 Å². The standard InChI is InChI=1S/C18H22F6N2O2/c1-2-28-14-11-7-6-10-13(14)15(27)26-16(17(19,20)21,18(22,23)24)25-12-8-4-3-5-9-12/h6-7,10-12,25H,2-5,8-9H2,1H3,(H,26,27). The van der Waals surface area contributed by atoms with E-state index in [1.54, 1.807) is 12.2 Å². The van der Waals surface area contributed by atoms with Crippen LogP contribution in [0.3, 0.4) is 0 Å².